The molecule has 1 atom stereocenters. The highest BCUT2D eigenvalue weighted by Gasteiger charge is 2.26. The first-order valence-corrected chi connectivity index (χ1v) is 4.72. The van der Waals surface area contributed by atoms with Gasteiger partial charge in [0, 0.05) is 11.6 Å². The predicted molar refractivity (Wildman–Crippen MR) is 53.3 cm³/mol. The lowest BCUT2D eigenvalue weighted by atomic mass is 10.2. The number of aliphatic imine (C=N–C) groups is 1. The molecular weight excluding hydrogens is 176 g/mol. The highest BCUT2D eigenvalue weighted by Crippen LogP contribution is 2.15. The van der Waals surface area contributed by atoms with E-state index in [0.29, 0.717) is 13.2 Å². The maximum Gasteiger partial charge on any atom is 0.237 e. The Balaban J connectivity index is 2.14. The molecule has 0 bridgehead atoms. The van der Waals surface area contributed by atoms with E-state index in [9.17, 15) is 0 Å². The van der Waals surface area contributed by atoms with Crippen molar-refractivity contribution in [3.05, 3.63) is 42.2 Å². The lowest BCUT2D eigenvalue weighted by molar-refractivity contribution is -0.665. The smallest absolute Gasteiger partial charge is 0.237 e. The van der Waals surface area contributed by atoms with Crippen LogP contribution in [0.4, 0.5) is 5.69 Å². The van der Waals surface area contributed by atoms with Crippen LogP contribution in [0.5, 0.6) is 0 Å². The van der Waals surface area contributed by atoms with Crippen molar-refractivity contribution in [2.45, 2.75) is 6.61 Å². The van der Waals surface area contributed by atoms with Crippen LogP contribution < -0.4 is 4.90 Å². The maximum atomic E-state index is 5.54. The molecular formula is C11H11N2O+. The SMILES string of the molecule is C1=C[NH+]2C(=N1)COCc1ccccc12. The Hall–Kier alpha value is -1.45. The van der Waals surface area contributed by atoms with E-state index < -0.39 is 0 Å². The Bertz CT molecular complexity index is 423. The second kappa shape index (κ2) is 3.04. The normalized spacial score (nSPS) is 23.7. The summed E-state index contributed by atoms with van der Waals surface area (Å²) in [6.45, 7) is 1.31. The molecule has 3 rings (SSSR count). The van der Waals surface area contributed by atoms with Gasteiger partial charge in [-0.1, -0.05) is 18.2 Å². The molecule has 14 heavy (non-hydrogen) atoms. The van der Waals surface area contributed by atoms with Crippen LogP contribution in [0.25, 0.3) is 0 Å². The summed E-state index contributed by atoms with van der Waals surface area (Å²) in [4.78, 5) is 5.51. The Morgan fingerprint density at radius 2 is 2.14 bits per heavy atom. The minimum atomic E-state index is 0.622. The van der Waals surface area contributed by atoms with Crippen LogP contribution in [0, 0.1) is 0 Å². The van der Waals surface area contributed by atoms with Crippen molar-refractivity contribution in [1.82, 2.24) is 0 Å². The molecule has 1 aromatic rings. The number of nitrogens with one attached hydrogen (secondary N) is 1. The van der Waals surface area contributed by atoms with Gasteiger partial charge in [-0.25, -0.2) is 9.89 Å². The number of rotatable bonds is 0. The molecule has 1 aromatic carbocycles. The molecule has 0 amide bonds. The minimum absolute atomic E-state index is 0.622. The van der Waals surface area contributed by atoms with Gasteiger partial charge in [0.25, 0.3) is 0 Å². The van der Waals surface area contributed by atoms with E-state index in [1.54, 1.807) is 0 Å². The highest BCUT2D eigenvalue weighted by molar-refractivity contribution is 5.80. The minimum Gasteiger partial charge on any atom is -0.364 e. The summed E-state index contributed by atoms with van der Waals surface area (Å²) in [5, 5.41) is 0. The van der Waals surface area contributed by atoms with Crippen LogP contribution in [-0.4, -0.2) is 12.4 Å². The van der Waals surface area contributed by atoms with Gasteiger partial charge >= 0.3 is 0 Å². The van der Waals surface area contributed by atoms with Crippen molar-refractivity contribution in [1.29, 1.82) is 0 Å². The number of ether oxygens (including phenoxy) is 1. The van der Waals surface area contributed by atoms with E-state index in [0.717, 1.165) is 5.84 Å². The van der Waals surface area contributed by atoms with Crippen molar-refractivity contribution in [3.63, 3.8) is 0 Å². The Kier molecular flexibility index (Phi) is 1.72. The molecule has 0 aliphatic carbocycles. The fraction of sp³-hybridized carbons (Fsp3) is 0.182. The zero-order chi connectivity index (χ0) is 9.38. The molecule has 1 unspecified atom stereocenters. The van der Waals surface area contributed by atoms with E-state index in [2.05, 4.69) is 29.4 Å². The molecule has 2 heterocycles. The summed E-state index contributed by atoms with van der Waals surface area (Å²) >= 11 is 0. The first-order chi connectivity index (χ1) is 6.95. The van der Waals surface area contributed by atoms with Crippen LogP contribution >= 0.6 is 0 Å². The fourth-order valence-electron chi connectivity index (χ4n) is 1.89. The third-order valence-electron chi connectivity index (χ3n) is 2.59. The lowest BCUT2D eigenvalue weighted by Crippen LogP contribution is -3.05. The summed E-state index contributed by atoms with van der Waals surface area (Å²) in [5.74, 6) is 1.05. The maximum absolute atomic E-state index is 5.54. The van der Waals surface area contributed by atoms with Crippen molar-refractivity contribution in [2.75, 3.05) is 6.61 Å². The number of hydrogen-bond acceptors (Lipinski definition) is 2. The van der Waals surface area contributed by atoms with Gasteiger partial charge in [-0.2, -0.15) is 0 Å². The Labute approximate surface area is 82.3 Å². The summed E-state index contributed by atoms with van der Waals surface area (Å²) in [7, 11) is 0. The Morgan fingerprint density at radius 3 is 3.14 bits per heavy atom. The second-order valence-corrected chi connectivity index (χ2v) is 3.46. The number of benzene rings is 1. The van der Waals surface area contributed by atoms with Gasteiger partial charge < -0.3 is 4.74 Å². The second-order valence-electron chi connectivity index (χ2n) is 3.46. The van der Waals surface area contributed by atoms with E-state index in [1.165, 1.54) is 16.2 Å². The van der Waals surface area contributed by atoms with Gasteiger partial charge in [0.1, 0.15) is 18.5 Å². The lowest BCUT2D eigenvalue weighted by Gasteiger charge is -2.09. The molecule has 0 saturated heterocycles. The number of fused-ring (bicyclic) bond motifs is 3. The number of hydrogen-bond donors (Lipinski definition) is 1. The topological polar surface area (TPSA) is 26.0 Å². The summed E-state index contributed by atoms with van der Waals surface area (Å²) in [6.07, 6.45) is 3.90. The van der Waals surface area contributed by atoms with E-state index in [-0.39, 0.29) is 0 Å². The zero-order valence-corrected chi connectivity index (χ0v) is 7.73. The third kappa shape index (κ3) is 1.10. The summed E-state index contributed by atoms with van der Waals surface area (Å²) in [6, 6.07) is 8.34. The molecule has 0 aromatic heterocycles. The van der Waals surface area contributed by atoms with Crippen LogP contribution in [0.1, 0.15) is 5.56 Å². The van der Waals surface area contributed by atoms with Crippen molar-refractivity contribution in [3.8, 4) is 0 Å². The van der Waals surface area contributed by atoms with E-state index in [1.807, 2.05) is 12.3 Å². The molecule has 0 spiro atoms. The number of amidine groups is 1. The van der Waals surface area contributed by atoms with Crippen LogP contribution in [0.15, 0.2) is 41.7 Å². The first kappa shape index (κ1) is 7.91. The van der Waals surface area contributed by atoms with Crippen molar-refractivity contribution in [2.24, 2.45) is 4.99 Å². The highest BCUT2D eigenvalue weighted by atomic mass is 16.5. The zero-order valence-electron chi connectivity index (χ0n) is 7.73. The average Bonchev–Trinajstić information content (AvgIpc) is 2.61. The fourth-order valence-corrected chi connectivity index (χ4v) is 1.89. The molecule has 0 fully saturated rings. The van der Waals surface area contributed by atoms with Crippen LogP contribution in [0.2, 0.25) is 0 Å². The van der Waals surface area contributed by atoms with Crippen LogP contribution in [-0.2, 0) is 11.3 Å². The summed E-state index contributed by atoms with van der Waals surface area (Å²) in [5.41, 5.74) is 2.51. The van der Waals surface area contributed by atoms with Crippen molar-refractivity contribution < 1.29 is 9.64 Å². The number of quaternary nitrogens is 1. The van der Waals surface area contributed by atoms with Gasteiger partial charge in [-0.15, -0.1) is 0 Å². The van der Waals surface area contributed by atoms with E-state index >= 15 is 0 Å². The van der Waals surface area contributed by atoms with E-state index in [4.69, 9.17) is 4.74 Å². The molecule has 2 aliphatic heterocycles. The van der Waals surface area contributed by atoms with Crippen molar-refractivity contribution >= 4 is 11.5 Å². The monoisotopic (exact) mass is 187 g/mol. The van der Waals surface area contributed by atoms with Gasteiger partial charge in [0.05, 0.1) is 12.8 Å². The third-order valence-corrected chi connectivity index (χ3v) is 2.59. The molecule has 0 saturated carbocycles. The molecule has 3 heteroatoms. The molecule has 1 N–H and O–H groups in total. The molecule has 70 valence electrons. The standard InChI is InChI=1S/C11H10N2O/c1-2-4-10-9(3-1)7-14-8-11-12-5-6-13(10)11/h1-6H,7-8H2/p+1. The first-order valence-electron chi connectivity index (χ1n) is 4.72. The van der Waals surface area contributed by atoms with Gasteiger partial charge in [-0.05, 0) is 0 Å². The Morgan fingerprint density at radius 1 is 1.21 bits per heavy atom. The number of nitrogens with zero attached hydrogens (tertiary/aromatic N) is 1. The van der Waals surface area contributed by atoms with Gasteiger partial charge in [-0.3, -0.25) is 0 Å². The van der Waals surface area contributed by atoms with Gasteiger partial charge in [0.2, 0.25) is 5.84 Å². The number of para-hydroxylation sites is 1. The van der Waals surface area contributed by atoms with Crippen LogP contribution in [0.3, 0.4) is 0 Å². The molecule has 2 aliphatic rings. The molecule has 0 radical (unpaired) electrons. The average molecular weight is 187 g/mol. The summed E-state index contributed by atoms with van der Waals surface area (Å²) < 4.78 is 5.54. The predicted octanol–water partition coefficient (Wildman–Crippen LogP) is 0.616. The quantitative estimate of drug-likeness (QED) is 0.633. The molecule has 3 nitrogen and oxygen atoms in total. The van der Waals surface area contributed by atoms with Gasteiger partial charge in [0.15, 0.2) is 0 Å². The largest absolute Gasteiger partial charge is 0.364 e.